The smallest absolute Gasteiger partial charge is 0.356 e. The van der Waals surface area contributed by atoms with Crippen LogP contribution in [-0.2, 0) is 16.1 Å². The summed E-state index contributed by atoms with van der Waals surface area (Å²) < 4.78 is 20.5. The van der Waals surface area contributed by atoms with E-state index in [2.05, 4.69) is 4.98 Å². The molecule has 1 atom stereocenters. The van der Waals surface area contributed by atoms with Gasteiger partial charge in [-0.2, -0.15) is 0 Å². The van der Waals surface area contributed by atoms with E-state index in [4.69, 9.17) is 4.74 Å². The second-order valence-electron chi connectivity index (χ2n) is 5.32. The van der Waals surface area contributed by atoms with E-state index in [0.29, 0.717) is 19.4 Å². The summed E-state index contributed by atoms with van der Waals surface area (Å²) in [6, 6.07) is 6.03. The van der Waals surface area contributed by atoms with E-state index < -0.39 is 23.7 Å². The summed E-state index contributed by atoms with van der Waals surface area (Å²) in [7, 11) is 1.26. The summed E-state index contributed by atoms with van der Waals surface area (Å²) >= 11 is 0. The Morgan fingerprint density at radius 1 is 1.39 bits per heavy atom. The predicted molar refractivity (Wildman–Crippen MR) is 78.6 cm³/mol. The molecule has 0 bridgehead atoms. The first-order valence-electron chi connectivity index (χ1n) is 7.21. The van der Waals surface area contributed by atoms with Gasteiger partial charge in [0.15, 0.2) is 5.69 Å². The Balaban J connectivity index is 2.24. The number of hydrogen-bond donors (Lipinski definition) is 1. The molecule has 1 aliphatic rings. The molecule has 2 heterocycles. The minimum atomic E-state index is -1.24. The number of ether oxygens (including phenoxy) is 1. The van der Waals surface area contributed by atoms with Crippen LogP contribution in [0.5, 0.6) is 0 Å². The van der Waals surface area contributed by atoms with Crippen LogP contribution in [0.1, 0.15) is 34.9 Å². The highest BCUT2D eigenvalue weighted by Gasteiger charge is 2.36. The quantitative estimate of drug-likeness (QED) is 0.879. The molecular weight excluding hydrogens is 303 g/mol. The molecule has 1 N–H and O–H groups in total. The number of carbonyl (C=O) groups excluding carboxylic acids is 1. The monoisotopic (exact) mass is 318 g/mol. The molecule has 0 aliphatic carbocycles. The average molecular weight is 318 g/mol. The number of halogens is 1. The molecule has 0 fully saturated rings. The molecule has 0 saturated heterocycles. The van der Waals surface area contributed by atoms with Gasteiger partial charge in [0.2, 0.25) is 0 Å². The average Bonchev–Trinajstić information content (AvgIpc) is 2.94. The van der Waals surface area contributed by atoms with Gasteiger partial charge in [-0.05, 0) is 25.0 Å². The van der Waals surface area contributed by atoms with E-state index in [-0.39, 0.29) is 22.8 Å². The third-order valence-electron chi connectivity index (χ3n) is 4.01. The van der Waals surface area contributed by atoms with Crippen molar-refractivity contribution in [3.8, 4) is 11.4 Å². The first kappa shape index (κ1) is 15.2. The van der Waals surface area contributed by atoms with Crippen LogP contribution < -0.4 is 0 Å². The predicted octanol–water partition coefficient (Wildman–Crippen LogP) is 2.44. The third kappa shape index (κ3) is 2.48. The molecule has 1 aliphatic heterocycles. The van der Waals surface area contributed by atoms with Crippen LogP contribution in [0.4, 0.5) is 4.39 Å². The highest BCUT2D eigenvalue weighted by atomic mass is 19.1. The molecular formula is C16H15FN2O4. The SMILES string of the molecule is COC(=O)C1CCCn2c(-c3ccccc3F)nc(C(=O)O)c21. The summed E-state index contributed by atoms with van der Waals surface area (Å²) in [4.78, 5) is 27.6. The van der Waals surface area contributed by atoms with E-state index in [1.165, 1.54) is 13.2 Å². The molecule has 7 heteroatoms. The minimum Gasteiger partial charge on any atom is -0.476 e. The van der Waals surface area contributed by atoms with Gasteiger partial charge in [-0.3, -0.25) is 4.79 Å². The molecule has 0 spiro atoms. The van der Waals surface area contributed by atoms with Crippen molar-refractivity contribution in [3.05, 3.63) is 41.5 Å². The number of rotatable bonds is 3. The number of esters is 1. The Bertz CT molecular complexity index is 784. The summed E-state index contributed by atoms with van der Waals surface area (Å²) in [6.45, 7) is 0.479. The number of methoxy groups -OCH3 is 1. The molecule has 1 aromatic heterocycles. The lowest BCUT2D eigenvalue weighted by Gasteiger charge is -2.24. The maximum Gasteiger partial charge on any atom is 0.356 e. The van der Waals surface area contributed by atoms with E-state index >= 15 is 0 Å². The van der Waals surface area contributed by atoms with Gasteiger partial charge in [-0.25, -0.2) is 14.2 Å². The number of hydrogen-bond acceptors (Lipinski definition) is 4. The summed E-state index contributed by atoms with van der Waals surface area (Å²) in [6.07, 6.45) is 1.14. The standard InChI is InChI=1S/C16H15FN2O4/c1-23-16(22)10-6-4-8-19-13(10)12(15(20)21)18-14(19)9-5-2-3-7-11(9)17/h2-3,5,7,10H,4,6,8H2,1H3,(H,20,21). The molecule has 1 aromatic carbocycles. The number of aromatic carboxylic acids is 1. The van der Waals surface area contributed by atoms with E-state index in [0.717, 1.165) is 0 Å². The van der Waals surface area contributed by atoms with Crippen molar-refractivity contribution < 1.29 is 23.8 Å². The summed E-state index contributed by atoms with van der Waals surface area (Å²) in [5.74, 6) is -2.71. The van der Waals surface area contributed by atoms with Gasteiger partial charge in [-0.15, -0.1) is 0 Å². The van der Waals surface area contributed by atoms with E-state index in [1.807, 2.05) is 0 Å². The first-order chi connectivity index (χ1) is 11.0. The Morgan fingerprint density at radius 2 is 2.13 bits per heavy atom. The molecule has 3 rings (SSSR count). The normalized spacial score (nSPS) is 16.7. The van der Waals surface area contributed by atoms with Crippen molar-refractivity contribution >= 4 is 11.9 Å². The van der Waals surface area contributed by atoms with Crippen molar-refractivity contribution in [1.82, 2.24) is 9.55 Å². The Morgan fingerprint density at radius 3 is 2.78 bits per heavy atom. The third-order valence-corrected chi connectivity index (χ3v) is 4.01. The highest BCUT2D eigenvalue weighted by Crippen LogP contribution is 2.36. The number of carbonyl (C=O) groups is 2. The number of nitrogens with zero attached hydrogens (tertiary/aromatic N) is 2. The van der Waals surface area contributed by atoms with Crippen molar-refractivity contribution in [1.29, 1.82) is 0 Å². The van der Waals surface area contributed by atoms with Crippen LogP contribution in [0.3, 0.4) is 0 Å². The maximum atomic E-state index is 14.1. The van der Waals surface area contributed by atoms with Crippen molar-refractivity contribution in [2.24, 2.45) is 0 Å². The van der Waals surface area contributed by atoms with Gasteiger partial charge in [0.25, 0.3) is 0 Å². The number of benzene rings is 1. The lowest BCUT2D eigenvalue weighted by molar-refractivity contribution is -0.143. The van der Waals surface area contributed by atoms with E-state index in [1.54, 1.807) is 22.8 Å². The van der Waals surface area contributed by atoms with Crippen molar-refractivity contribution in [2.75, 3.05) is 7.11 Å². The Labute approximate surface area is 131 Å². The molecule has 1 unspecified atom stereocenters. The highest BCUT2D eigenvalue weighted by molar-refractivity contribution is 5.91. The van der Waals surface area contributed by atoms with Gasteiger partial charge in [0.1, 0.15) is 11.6 Å². The van der Waals surface area contributed by atoms with Gasteiger partial charge in [0.05, 0.1) is 24.3 Å². The van der Waals surface area contributed by atoms with Gasteiger partial charge in [-0.1, -0.05) is 12.1 Å². The van der Waals surface area contributed by atoms with Gasteiger partial charge in [0, 0.05) is 6.54 Å². The molecule has 6 nitrogen and oxygen atoms in total. The van der Waals surface area contributed by atoms with Crippen molar-refractivity contribution in [3.63, 3.8) is 0 Å². The second kappa shape index (κ2) is 5.83. The van der Waals surface area contributed by atoms with Gasteiger partial charge >= 0.3 is 11.9 Å². The fraction of sp³-hybridized carbons (Fsp3) is 0.312. The number of imidazole rings is 1. The summed E-state index contributed by atoms with van der Waals surface area (Å²) in [5, 5.41) is 9.42. The number of carboxylic acids is 1. The molecule has 23 heavy (non-hydrogen) atoms. The Hall–Kier alpha value is -2.70. The molecule has 2 aromatic rings. The summed E-state index contributed by atoms with van der Waals surface area (Å²) in [5.41, 5.74) is 0.277. The fourth-order valence-electron chi connectivity index (χ4n) is 3.01. The number of carboxylic acid groups (broad SMARTS) is 1. The largest absolute Gasteiger partial charge is 0.476 e. The zero-order valence-corrected chi connectivity index (χ0v) is 12.5. The molecule has 120 valence electrons. The zero-order chi connectivity index (χ0) is 16.6. The zero-order valence-electron chi connectivity index (χ0n) is 12.5. The van der Waals surface area contributed by atoms with Crippen LogP contribution >= 0.6 is 0 Å². The molecule has 0 saturated carbocycles. The van der Waals surface area contributed by atoms with Crippen LogP contribution in [0, 0.1) is 5.82 Å². The van der Waals surface area contributed by atoms with Crippen LogP contribution in [-0.4, -0.2) is 33.7 Å². The number of fused-ring (bicyclic) bond motifs is 1. The van der Waals surface area contributed by atoms with E-state index in [9.17, 15) is 19.1 Å². The fourth-order valence-corrected chi connectivity index (χ4v) is 3.01. The van der Waals surface area contributed by atoms with Crippen LogP contribution in [0.25, 0.3) is 11.4 Å². The lowest BCUT2D eigenvalue weighted by atomic mass is 9.94. The lowest BCUT2D eigenvalue weighted by Crippen LogP contribution is -2.25. The first-order valence-corrected chi connectivity index (χ1v) is 7.21. The maximum absolute atomic E-state index is 14.1. The minimum absolute atomic E-state index is 0.215. The molecule has 0 radical (unpaired) electrons. The van der Waals surface area contributed by atoms with Crippen molar-refractivity contribution in [2.45, 2.75) is 25.3 Å². The Kier molecular flexibility index (Phi) is 3.85. The molecule has 0 amide bonds. The number of aromatic nitrogens is 2. The van der Waals surface area contributed by atoms with Crippen LogP contribution in [0.15, 0.2) is 24.3 Å². The topological polar surface area (TPSA) is 81.4 Å². The van der Waals surface area contributed by atoms with Gasteiger partial charge < -0.3 is 14.4 Å². The second-order valence-corrected chi connectivity index (χ2v) is 5.32. The van der Waals surface area contributed by atoms with Crippen LogP contribution in [0.2, 0.25) is 0 Å².